The van der Waals surface area contributed by atoms with E-state index in [0.29, 0.717) is 6.04 Å². The minimum Gasteiger partial charge on any atom is -0.299 e. The van der Waals surface area contributed by atoms with Crippen molar-refractivity contribution in [1.29, 1.82) is 0 Å². The highest BCUT2D eigenvalue weighted by Gasteiger charge is 2.25. The maximum Gasteiger partial charge on any atom is 0.0357 e. The summed E-state index contributed by atoms with van der Waals surface area (Å²) in [5.74, 6) is 2.75. The Bertz CT molecular complexity index is 328. The standard InChI is InChI=1S/C14H19N/c1-5-9-13(12(6-2)7-3)14-10-8-11-15(14)4/h2,5,7,9,14H,1,8,10-11H2,3-4H3/b12-7-,13-9+. The Kier molecular flexibility index (Phi) is 4.39. The molecule has 0 radical (unpaired) electrons. The van der Waals surface area contributed by atoms with Crippen molar-refractivity contribution in [3.8, 4) is 12.3 Å². The van der Waals surface area contributed by atoms with E-state index < -0.39 is 0 Å². The zero-order valence-electron chi connectivity index (χ0n) is 9.66. The van der Waals surface area contributed by atoms with E-state index in [1.807, 2.05) is 25.2 Å². The van der Waals surface area contributed by atoms with Crippen LogP contribution < -0.4 is 0 Å². The smallest absolute Gasteiger partial charge is 0.0357 e. The highest BCUT2D eigenvalue weighted by Crippen LogP contribution is 2.26. The first-order valence-corrected chi connectivity index (χ1v) is 5.40. The van der Waals surface area contributed by atoms with Crippen LogP contribution >= 0.6 is 0 Å². The molecule has 1 aliphatic heterocycles. The van der Waals surface area contributed by atoms with Gasteiger partial charge in [0, 0.05) is 11.6 Å². The summed E-state index contributed by atoms with van der Waals surface area (Å²) in [6.45, 7) is 6.90. The summed E-state index contributed by atoms with van der Waals surface area (Å²) in [6.07, 6.45) is 13.8. The van der Waals surface area contributed by atoms with Gasteiger partial charge in [-0.05, 0) is 38.9 Å². The molecule has 0 aromatic carbocycles. The number of terminal acetylenes is 1. The lowest BCUT2D eigenvalue weighted by molar-refractivity contribution is 0.348. The topological polar surface area (TPSA) is 3.24 Å². The van der Waals surface area contributed by atoms with Gasteiger partial charge in [-0.25, -0.2) is 0 Å². The van der Waals surface area contributed by atoms with Gasteiger partial charge in [-0.3, -0.25) is 4.90 Å². The summed E-state index contributed by atoms with van der Waals surface area (Å²) in [5, 5.41) is 0. The predicted molar refractivity (Wildman–Crippen MR) is 66.5 cm³/mol. The molecule has 0 saturated carbocycles. The van der Waals surface area contributed by atoms with Crippen LogP contribution in [0.15, 0.2) is 36.0 Å². The molecule has 1 nitrogen and oxygen atoms in total. The van der Waals surface area contributed by atoms with Crippen LogP contribution in [0.4, 0.5) is 0 Å². The van der Waals surface area contributed by atoms with Crippen molar-refractivity contribution in [2.75, 3.05) is 13.6 Å². The second-order valence-electron chi connectivity index (χ2n) is 3.84. The number of likely N-dealkylation sites (tertiary alicyclic amines) is 1. The molecule has 0 spiro atoms. The molecule has 0 aromatic rings. The van der Waals surface area contributed by atoms with Crippen molar-refractivity contribution in [3.63, 3.8) is 0 Å². The first kappa shape index (κ1) is 11.8. The van der Waals surface area contributed by atoms with Crippen LogP contribution in [0, 0.1) is 12.3 Å². The Hall–Kier alpha value is -1.26. The third kappa shape index (κ3) is 2.61. The molecule has 1 heterocycles. The molecule has 1 unspecified atom stereocenters. The molecule has 1 rings (SSSR count). The Balaban J connectivity index is 2.98. The van der Waals surface area contributed by atoms with E-state index >= 15 is 0 Å². The van der Waals surface area contributed by atoms with Gasteiger partial charge in [0.1, 0.15) is 0 Å². The SMILES string of the molecule is C#CC(=C/C)/C(=C\C=C)C1CCCN1C. The summed E-state index contributed by atoms with van der Waals surface area (Å²) in [5.41, 5.74) is 2.23. The van der Waals surface area contributed by atoms with Gasteiger partial charge in [0.05, 0.1) is 0 Å². The molecule has 0 amide bonds. The maximum absolute atomic E-state index is 5.52. The van der Waals surface area contributed by atoms with Gasteiger partial charge in [0.15, 0.2) is 0 Å². The molecule has 1 aliphatic rings. The molecule has 0 aromatic heterocycles. The van der Waals surface area contributed by atoms with Gasteiger partial charge in [-0.1, -0.05) is 30.7 Å². The first-order chi connectivity index (χ1) is 7.24. The summed E-state index contributed by atoms with van der Waals surface area (Å²) in [6, 6.07) is 0.463. The second kappa shape index (κ2) is 5.58. The zero-order chi connectivity index (χ0) is 11.3. The lowest BCUT2D eigenvalue weighted by atomic mass is 9.96. The number of likely N-dealkylation sites (N-methyl/N-ethyl adjacent to an activating group) is 1. The van der Waals surface area contributed by atoms with E-state index in [0.717, 1.165) is 12.1 Å². The van der Waals surface area contributed by atoms with Crippen LogP contribution in [0.3, 0.4) is 0 Å². The monoisotopic (exact) mass is 201 g/mol. The molecular weight excluding hydrogens is 182 g/mol. The number of hydrogen-bond donors (Lipinski definition) is 0. The number of nitrogens with zero attached hydrogens (tertiary/aromatic N) is 1. The normalized spacial score (nSPS) is 23.9. The molecule has 80 valence electrons. The van der Waals surface area contributed by atoms with Gasteiger partial charge in [-0.15, -0.1) is 6.42 Å². The van der Waals surface area contributed by atoms with Gasteiger partial charge in [-0.2, -0.15) is 0 Å². The van der Waals surface area contributed by atoms with Crippen molar-refractivity contribution >= 4 is 0 Å². The van der Waals surface area contributed by atoms with E-state index in [4.69, 9.17) is 6.42 Å². The molecule has 0 N–H and O–H groups in total. The number of rotatable bonds is 3. The average Bonchev–Trinajstić information content (AvgIpc) is 2.65. The minimum absolute atomic E-state index is 0.463. The van der Waals surface area contributed by atoms with Crippen LogP contribution in [0.5, 0.6) is 0 Å². The summed E-state index contributed by atoms with van der Waals surface area (Å²) < 4.78 is 0. The van der Waals surface area contributed by atoms with Crippen molar-refractivity contribution in [3.05, 3.63) is 36.0 Å². The summed E-state index contributed by atoms with van der Waals surface area (Å²) >= 11 is 0. The van der Waals surface area contributed by atoms with Gasteiger partial charge in [0.2, 0.25) is 0 Å². The van der Waals surface area contributed by atoms with Crippen molar-refractivity contribution in [2.24, 2.45) is 0 Å². The fourth-order valence-corrected chi connectivity index (χ4v) is 2.14. The van der Waals surface area contributed by atoms with Gasteiger partial charge in [0.25, 0.3) is 0 Å². The summed E-state index contributed by atoms with van der Waals surface area (Å²) in [4.78, 5) is 2.36. The van der Waals surface area contributed by atoms with Crippen LogP contribution in [-0.4, -0.2) is 24.5 Å². The van der Waals surface area contributed by atoms with Crippen molar-refractivity contribution < 1.29 is 0 Å². The number of hydrogen-bond acceptors (Lipinski definition) is 1. The fourth-order valence-electron chi connectivity index (χ4n) is 2.14. The lowest BCUT2D eigenvalue weighted by Crippen LogP contribution is -2.27. The van der Waals surface area contributed by atoms with Gasteiger partial charge < -0.3 is 0 Å². The highest BCUT2D eigenvalue weighted by molar-refractivity contribution is 5.48. The van der Waals surface area contributed by atoms with E-state index in [-0.39, 0.29) is 0 Å². The minimum atomic E-state index is 0.463. The van der Waals surface area contributed by atoms with E-state index in [9.17, 15) is 0 Å². The van der Waals surface area contributed by atoms with E-state index in [1.165, 1.54) is 18.4 Å². The lowest BCUT2D eigenvalue weighted by Gasteiger charge is -2.22. The molecule has 1 atom stereocenters. The van der Waals surface area contributed by atoms with Crippen molar-refractivity contribution in [1.82, 2.24) is 4.90 Å². The Morgan fingerprint density at radius 1 is 1.60 bits per heavy atom. The zero-order valence-corrected chi connectivity index (χ0v) is 9.66. The van der Waals surface area contributed by atoms with Gasteiger partial charge >= 0.3 is 0 Å². The Labute approximate surface area is 93.2 Å². The number of allylic oxidation sites excluding steroid dienone is 3. The second-order valence-corrected chi connectivity index (χ2v) is 3.84. The average molecular weight is 201 g/mol. The molecule has 0 aliphatic carbocycles. The van der Waals surface area contributed by atoms with E-state index in [2.05, 4.69) is 24.4 Å². The van der Waals surface area contributed by atoms with Crippen LogP contribution in [0.2, 0.25) is 0 Å². The summed E-state index contributed by atoms with van der Waals surface area (Å²) in [7, 11) is 2.15. The third-order valence-corrected chi connectivity index (χ3v) is 2.93. The first-order valence-electron chi connectivity index (χ1n) is 5.40. The Morgan fingerprint density at radius 2 is 2.33 bits per heavy atom. The molecule has 1 fully saturated rings. The highest BCUT2D eigenvalue weighted by atomic mass is 15.1. The van der Waals surface area contributed by atoms with Crippen molar-refractivity contribution in [2.45, 2.75) is 25.8 Å². The molecule has 1 saturated heterocycles. The largest absolute Gasteiger partial charge is 0.299 e. The van der Waals surface area contributed by atoms with Crippen LogP contribution in [0.1, 0.15) is 19.8 Å². The molecular formula is C14H19N. The van der Waals surface area contributed by atoms with Crippen LogP contribution in [0.25, 0.3) is 0 Å². The molecule has 0 bridgehead atoms. The molecule has 15 heavy (non-hydrogen) atoms. The quantitative estimate of drug-likeness (QED) is 0.501. The third-order valence-electron chi connectivity index (χ3n) is 2.93. The van der Waals surface area contributed by atoms with E-state index in [1.54, 1.807) is 0 Å². The fraction of sp³-hybridized carbons (Fsp3) is 0.429. The Morgan fingerprint density at radius 3 is 2.73 bits per heavy atom. The molecule has 1 heteroatoms. The maximum atomic E-state index is 5.52. The van der Waals surface area contributed by atoms with Crippen LogP contribution in [-0.2, 0) is 0 Å². The predicted octanol–water partition coefficient (Wildman–Crippen LogP) is 2.77.